The summed E-state index contributed by atoms with van der Waals surface area (Å²) in [5.41, 5.74) is 5.68. The summed E-state index contributed by atoms with van der Waals surface area (Å²) < 4.78 is 13.4. The van der Waals surface area contributed by atoms with E-state index in [2.05, 4.69) is 51.4 Å². The quantitative estimate of drug-likeness (QED) is 0.218. The minimum absolute atomic E-state index is 0.388. The SMILES string of the molecule is COc1cc(OCc2ccccn2)ccc1C=Cc1cc(C=Cc2ccc3cc[nH]c3c2)n(-c2ccccn2)n1. The average molecular weight is 526 g/mol. The summed E-state index contributed by atoms with van der Waals surface area (Å²) in [6.07, 6.45) is 13.6. The van der Waals surface area contributed by atoms with Gasteiger partial charge in [-0.15, -0.1) is 0 Å². The van der Waals surface area contributed by atoms with Crippen LogP contribution < -0.4 is 9.47 Å². The highest BCUT2D eigenvalue weighted by Gasteiger charge is 2.09. The monoisotopic (exact) mass is 525 g/mol. The van der Waals surface area contributed by atoms with Gasteiger partial charge in [-0.25, -0.2) is 9.67 Å². The molecule has 0 atom stereocenters. The number of hydrogen-bond acceptors (Lipinski definition) is 5. The predicted molar refractivity (Wildman–Crippen MR) is 159 cm³/mol. The van der Waals surface area contributed by atoms with Crippen molar-refractivity contribution in [3.05, 3.63) is 132 Å². The lowest BCUT2D eigenvalue weighted by molar-refractivity contribution is 0.299. The van der Waals surface area contributed by atoms with Crippen LogP contribution in [-0.4, -0.2) is 31.8 Å². The summed E-state index contributed by atoms with van der Waals surface area (Å²) in [5.74, 6) is 2.16. The van der Waals surface area contributed by atoms with Gasteiger partial charge in [0.2, 0.25) is 0 Å². The van der Waals surface area contributed by atoms with Crippen molar-refractivity contribution in [1.82, 2.24) is 24.7 Å². The molecule has 4 heterocycles. The van der Waals surface area contributed by atoms with Crippen LogP contribution in [0.4, 0.5) is 0 Å². The van der Waals surface area contributed by atoms with Gasteiger partial charge in [0.05, 0.1) is 24.2 Å². The second-order valence-corrected chi connectivity index (χ2v) is 9.10. The van der Waals surface area contributed by atoms with Crippen molar-refractivity contribution >= 4 is 35.2 Å². The standard InChI is InChI=1S/C33H27N5O2/c1-39-32-22-30(40-23-28-6-2-4-17-34-28)15-12-26(32)11-13-27-21-29(38(37-27)33-7-3-5-18-36-33)14-9-24-8-10-25-16-19-35-31(25)20-24/h2-22,35H,23H2,1H3. The second-order valence-electron chi connectivity index (χ2n) is 9.10. The van der Waals surface area contributed by atoms with Gasteiger partial charge in [-0.05, 0) is 83.8 Å². The molecule has 0 aliphatic heterocycles. The molecule has 0 saturated heterocycles. The fourth-order valence-corrected chi connectivity index (χ4v) is 4.36. The first-order valence-electron chi connectivity index (χ1n) is 12.9. The van der Waals surface area contributed by atoms with Gasteiger partial charge in [-0.1, -0.05) is 30.3 Å². The van der Waals surface area contributed by atoms with Crippen molar-refractivity contribution in [2.45, 2.75) is 6.61 Å². The van der Waals surface area contributed by atoms with E-state index in [1.807, 2.05) is 83.7 Å². The number of benzene rings is 2. The van der Waals surface area contributed by atoms with Gasteiger partial charge in [0.1, 0.15) is 18.1 Å². The lowest BCUT2D eigenvalue weighted by Gasteiger charge is -2.09. The molecular formula is C33H27N5O2. The Morgan fingerprint density at radius 1 is 0.825 bits per heavy atom. The molecule has 0 aliphatic carbocycles. The topological polar surface area (TPSA) is 77.9 Å². The molecule has 2 aromatic carbocycles. The summed E-state index contributed by atoms with van der Waals surface area (Å²) in [6, 6.07) is 27.8. The van der Waals surface area contributed by atoms with E-state index in [1.165, 1.54) is 5.39 Å². The minimum atomic E-state index is 0.388. The number of methoxy groups -OCH3 is 1. The fraction of sp³-hybridized carbons (Fsp3) is 0.0606. The molecule has 6 aromatic rings. The van der Waals surface area contributed by atoms with Crippen molar-refractivity contribution in [3.63, 3.8) is 0 Å². The zero-order chi connectivity index (χ0) is 27.1. The highest BCUT2D eigenvalue weighted by atomic mass is 16.5. The third-order valence-electron chi connectivity index (χ3n) is 6.40. The number of rotatable bonds is 9. The zero-order valence-electron chi connectivity index (χ0n) is 21.9. The number of hydrogen-bond donors (Lipinski definition) is 1. The third-order valence-corrected chi connectivity index (χ3v) is 6.40. The summed E-state index contributed by atoms with van der Waals surface area (Å²) in [6.45, 7) is 0.388. The van der Waals surface area contributed by atoms with Crippen LogP contribution in [0.1, 0.15) is 28.2 Å². The van der Waals surface area contributed by atoms with Crippen LogP contribution in [0.15, 0.2) is 104 Å². The van der Waals surface area contributed by atoms with Gasteiger partial charge in [0.15, 0.2) is 5.82 Å². The van der Waals surface area contributed by atoms with Crippen LogP contribution >= 0.6 is 0 Å². The Bertz CT molecular complexity index is 1790. The second kappa shape index (κ2) is 11.5. The number of aromatic nitrogens is 5. The van der Waals surface area contributed by atoms with Crippen molar-refractivity contribution in [3.8, 4) is 17.3 Å². The van der Waals surface area contributed by atoms with E-state index in [0.717, 1.165) is 39.5 Å². The maximum atomic E-state index is 5.90. The molecule has 4 aromatic heterocycles. The average Bonchev–Trinajstić information content (AvgIpc) is 3.66. The normalized spacial score (nSPS) is 11.5. The fourth-order valence-electron chi connectivity index (χ4n) is 4.36. The maximum absolute atomic E-state index is 5.90. The van der Waals surface area contributed by atoms with Crippen LogP contribution in [0.5, 0.6) is 11.5 Å². The molecule has 0 radical (unpaired) electrons. The highest BCUT2D eigenvalue weighted by molar-refractivity contribution is 5.83. The smallest absolute Gasteiger partial charge is 0.153 e. The van der Waals surface area contributed by atoms with Crippen LogP contribution in [0.2, 0.25) is 0 Å². The summed E-state index contributed by atoms with van der Waals surface area (Å²) in [5, 5.41) is 6.01. The number of H-pyrrole nitrogens is 1. The van der Waals surface area contributed by atoms with Crippen molar-refractivity contribution < 1.29 is 9.47 Å². The van der Waals surface area contributed by atoms with E-state index in [4.69, 9.17) is 14.6 Å². The summed E-state index contributed by atoms with van der Waals surface area (Å²) >= 11 is 0. The first-order chi connectivity index (χ1) is 19.7. The third kappa shape index (κ3) is 5.68. The van der Waals surface area contributed by atoms with E-state index >= 15 is 0 Å². The van der Waals surface area contributed by atoms with Crippen LogP contribution in [0, 0.1) is 0 Å². The van der Waals surface area contributed by atoms with Crippen molar-refractivity contribution in [1.29, 1.82) is 0 Å². The molecular weight excluding hydrogens is 498 g/mol. The minimum Gasteiger partial charge on any atom is -0.496 e. The number of pyridine rings is 2. The number of nitrogens with one attached hydrogen (secondary N) is 1. The predicted octanol–water partition coefficient (Wildman–Crippen LogP) is 7.07. The number of ether oxygens (including phenoxy) is 2. The van der Waals surface area contributed by atoms with Crippen LogP contribution in [0.25, 0.3) is 41.0 Å². The first kappa shape index (κ1) is 24.9. The molecule has 0 fully saturated rings. The summed E-state index contributed by atoms with van der Waals surface area (Å²) in [4.78, 5) is 12.1. The molecule has 7 heteroatoms. The Morgan fingerprint density at radius 2 is 1.73 bits per heavy atom. The lowest BCUT2D eigenvalue weighted by Crippen LogP contribution is -2.01. The molecule has 0 spiro atoms. The van der Waals surface area contributed by atoms with Crippen molar-refractivity contribution in [2.24, 2.45) is 0 Å². The zero-order valence-corrected chi connectivity index (χ0v) is 21.9. The molecule has 6 rings (SSSR count). The molecule has 196 valence electrons. The van der Waals surface area contributed by atoms with E-state index < -0.39 is 0 Å². The molecule has 0 amide bonds. The van der Waals surface area contributed by atoms with E-state index in [1.54, 1.807) is 19.5 Å². The van der Waals surface area contributed by atoms with Gasteiger partial charge in [-0.2, -0.15) is 5.10 Å². The van der Waals surface area contributed by atoms with Gasteiger partial charge in [0, 0.05) is 35.7 Å². The van der Waals surface area contributed by atoms with Crippen LogP contribution in [-0.2, 0) is 6.61 Å². The molecule has 7 nitrogen and oxygen atoms in total. The van der Waals surface area contributed by atoms with Crippen molar-refractivity contribution in [2.75, 3.05) is 7.11 Å². The van der Waals surface area contributed by atoms with Gasteiger partial charge >= 0.3 is 0 Å². The summed E-state index contributed by atoms with van der Waals surface area (Å²) in [7, 11) is 1.65. The largest absolute Gasteiger partial charge is 0.496 e. The number of nitrogens with zero attached hydrogens (tertiary/aromatic N) is 4. The Balaban J connectivity index is 1.25. The van der Waals surface area contributed by atoms with Gasteiger partial charge < -0.3 is 14.5 Å². The molecule has 0 bridgehead atoms. The van der Waals surface area contributed by atoms with Gasteiger partial charge in [0.25, 0.3) is 0 Å². The molecule has 1 N–H and O–H groups in total. The maximum Gasteiger partial charge on any atom is 0.153 e. The molecule has 0 saturated carbocycles. The van der Waals surface area contributed by atoms with E-state index in [9.17, 15) is 0 Å². The number of aromatic amines is 1. The van der Waals surface area contributed by atoms with Gasteiger partial charge in [-0.3, -0.25) is 4.98 Å². The molecule has 0 unspecified atom stereocenters. The lowest BCUT2D eigenvalue weighted by atomic mass is 10.1. The Kier molecular flexibility index (Phi) is 7.17. The van der Waals surface area contributed by atoms with Crippen LogP contribution in [0.3, 0.4) is 0 Å². The molecule has 0 aliphatic rings. The Hall–Kier alpha value is -5.43. The van der Waals surface area contributed by atoms with E-state index in [0.29, 0.717) is 18.1 Å². The molecule has 40 heavy (non-hydrogen) atoms. The Morgan fingerprint density at radius 3 is 2.55 bits per heavy atom. The Labute approximate surface area is 232 Å². The van der Waals surface area contributed by atoms with E-state index in [-0.39, 0.29) is 0 Å². The highest BCUT2D eigenvalue weighted by Crippen LogP contribution is 2.27. The first-order valence-corrected chi connectivity index (χ1v) is 12.9. The number of fused-ring (bicyclic) bond motifs is 1.